The molecule has 284 valence electrons. The van der Waals surface area contributed by atoms with Gasteiger partial charge in [0.2, 0.25) is 5.36 Å². The Kier molecular flexibility index (Phi) is 10.3. The van der Waals surface area contributed by atoms with Crippen LogP contribution in [0.4, 0.5) is 5.69 Å². The first-order valence-corrected chi connectivity index (χ1v) is 21.7. The lowest BCUT2D eigenvalue weighted by Crippen LogP contribution is -2.50. The molecule has 1 aromatic heterocycles. The number of carbonyl (C=O) groups is 1. The summed E-state index contributed by atoms with van der Waals surface area (Å²) in [5.41, 5.74) is 2.93. The Balaban J connectivity index is 1.67. The number of benzene rings is 2. The van der Waals surface area contributed by atoms with Crippen LogP contribution in [-0.2, 0) is 31.6 Å². The number of thiazole rings is 1. The lowest BCUT2D eigenvalue weighted by molar-refractivity contribution is -0.694. The monoisotopic (exact) mass is 783 g/mol. The minimum atomic E-state index is -4.64. The van der Waals surface area contributed by atoms with Crippen LogP contribution in [0.15, 0.2) is 48.0 Å². The third-order valence-corrected chi connectivity index (χ3v) is 12.4. The van der Waals surface area contributed by atoms with Crippen molar-refractivity contribution < 1.29 is 45.1 Å². The van der Waals surface area contributed by atoms with Gasteiger partial charge in [-0.1, -0.05) is 17.4 Å². The van der Waals surface area contributed by atoms with Gasteiger partial charge >= 0.3 is 5.97 Å². The molecule has 0 aliphatic carbocycles. The summed E-state index contributed by atoms with van der Waals surface area (Å²) in [4.78, 5) is 13.2. The number of carboxylic acid groups (broad SMARTS) is 1. The maximum absolute atomic E-state index is 12.2. The lowest BCUT2D eigenvalue weighted by Gasteiger charge is -2.43. The summed E-state index contributed by atoms with van der Waals surface area (Å²) in [6.45, 7) is 13.7. The SMILES string of the molecule is CCN1c2cc3c(cc2C(CS(=O)(=O)[O-])=CC1(C)C)C(c1scc[n+]1CCCCCC(=O)O)=c1cc2c(cc1O3)=[N+](CC)C(C)(C)C=C2CS(=O)(=O)[O-]. The number of hydrogen-bond donors (Lipinski definition) is 1. The van der Waals surface area contributed by atoms with Crippen molar-refractivity contribution in [2.75, 3.05) is 29.5 Å². The predicted molar refractivity (Wildman–Crippen MR) is 202 cm³/mol. The topological polar surface area (TPSA) is 171 Å². The molecule has 4 heterocycles. The van der Waals surface area contributed by atoms with Gasteiger partial charge in [0, 0.05) is 61.3 Å². The molecule has 3 aromatic rings. The van der Waals surface area contributed by atoms with E-state index in [2.05, 4.69) is 14.0 Å². The summed E-state index contributed by atoms with van der Waals surface area (Å²) >= 11 is 1.49. The highest BCUT2D eigenvalue weighted by Gasteiger charge is 2.38. The van der Waals surface area contributed by atoms with Crippen LogP contribution in [0.2, 0.25) is 0 Å². The van der Waals surface area contributed by atoms with Crippen LogP contribution in [0.1, 0.15) is 88.9 Å². The molecule has 0 bridgehead atoms. The quantitative estimate of drug-likeness (QED) is 0.120. The van der Waals surface area contributed by atoms with Gasteiger partial charge in [-0.2, -0.15) is 4.57 Å². The number of aliphatic carboxylic acids is 1. The van der Waals surface area contributed by atoms with Gasteiger partial charge in [0.05, 0.1) is 59.9 Å². The van der Waals surface area contributed by atoms with Crippen molar-refractivity contribution in [2.24, 2.45) is 0 Å². The molecule has 15 heteroatoms. The Hall–Kier alpha value is -3.89. The second-order valence-corrected chi connectivity index (χ2v) is 18.6. The molecular weight excluding hydrogens is 739 g/mol. The third kappa shape index (κ3) is 7.86. The Morgan fingerprint density at radius 3 is 2.19 bits per heavy atom. The molecule has 6 rings (SSSR count). The zero-order valence-corrected chi connectivity index (χ0v) is 33.2. The zero-order chi connectivity index (χ0) is 38.7. The van der Waals surface area contributed by atoms with Crippen LogP contribution in [0.25, 0.3) is 16.7 Å². The number of unbranched alkanes of at least 4 members (excludes halogenated alkanes) is 2. The summed E-state index contributed by atoms with van der Waals surface area (Å²) in [7, 11) is -9.29. The Morgan fingerprint density at radius 2 is 1.57 bits per heavy atom. The van der Waals surface area contributed by atoms with E-state index in [-0.39, 0.29) is 6.42 Å². The predicted octanol–water partition coefficient (Wildman–Crippen LogP) is 3.81. The van der Waals surface area contributed by atoms with Crippen LogP contribution in [0.3, 0.4) is 0 Å². The van der Waals surface area contributed by atoms with Gasteiger partial charge < -0.3 is 23.8 Å². The summed E-state index contributed by atoms with van der Waals surface area (Å²) in [5.74, 6) is -1.14. The first-order valence-electron chi connectivity index (χ1n) is 17.7. The van der Waals surface area contributed by atoms with Crippen molar-refractivity contribution in [3.05, 3.63) is 80.3 Å². The minimum absolute atomic E-state index is 0.0911. The number of likely N-dealkylation sites (N-methyl/N-ethyl adjacent to an activating group) is 2. The largest absolute Gasteiger partial charge is 0.748 e. The number of nitrogens with zero attached hydrogens (tertiary/aromatic N) is 3. The number of rotatable bonds is 13. The van der Waals surface area contributed by atoms with E-state index in [0.717, 1.165) is 28.0 Å². The first kappa shape index (κ1) is 38.8. The molecule has 0 saturated heterocycles. The number of aromatic nitrogens is 1. The van der Waals surface area contributed by atoms with Crippen LogP contribution in [-0.4, -0.2) is 72.7 Å². The van der Waals surface area contributed by atoms with E-state index in [0.29, 0.717) is 77.0 Å². The average Bonchev–Trinajstić information content (AvgIpc) is 3.48. The van der Waals surface area contributed by atoms with Gasteiger partial charge in [-0.15, -0.1) is 0 Å². The number of ether oxygens (including phenoxy) is 1. The van der Waals surface area contributed by atoms with E-state index in [1.54, 1.807) is 0 Å². The summed E-state index contributed by atoms with van der Waals surface area (Å²) in [5, 5.41) is 13.3. The molecule has 1 N–H and O–H groups in total. The highest BCUT2D eigenvalue weighted by molar-refractivity contribution is 7.86. The second-order valence-electron chi connectivity index (χ2n) is 14.9. The van der Waals surface area contributed by atoms with Gasteiger partial charge in [-0.3, -0.25) is 4.79 Å². The zero-order valence-electron chi connectivity index (χ0n) is 30.8. The van der Waals surface area contributed by atoms with E-state index in [9.17, 15) is 30.7 Å². The van der Waals surface area contributed by atoms with Crippen molar-refractivity contribution in [2.45, 2.75) is 84.8 Å². The molecule has 3 aliphatic rings. The molecule has 0 amide bonds. The highest BCUT2D eigenvalue weighted by atomic mass is 32.2. The van der Waals surface area contributed by atoms with Crippen LogP contribution in [0, 0.1) is 0 Å². The average molecular weight is 784 g/mol. The Morgan fingerprint density at radius 1 is 0.887 bits per heavy atom. The van der Waals surface area contributed by atoms with Crippen molar-refractivity contribution in [1.82, 2.24) is 4.58 Å². The molecule has 0 atom stereocenters. The van der Waals surface area contributed by atoms with E-state index in [4.69, 9.17) is 9.84 Å². The summed E-state index contributed by atoms with van der Waals surface area (Å²) in [6, 6.07) is 7.58. The van der Waals surface area contributed by atoms with Crippen molar-refractivity contribution >= 4 is 59.9 Å². The maximum Gasteiger partial charge on any atom is 0.303 e. The maximum atomic E-state index is 12.2. The van der Waals surface area contributed by atoms with Crippen LogP contribution >= 0.6 is 11.3 Å². The molecule has 12 nitrogen and oxygen atoms in total. The fourth-order valence-corrected chi connectivity index (χ4v) is 10.3. The molecule has 0 fully saturated rings. The number of hydrogen-bond acceptors (Lipinski definition) is 10. The van der Waals surface area contributed by atoms with Gasteiger partial charge in [0.1, 0.15) is 24.6 Å². The smallest absolute Gasteiger partial charge is 0.303 e. The third-order valence-electron chi connectivity index (χ3n) is 10.2. The number of fused-ring (bicyclic) bond motifs is 4. The molecule has 0 unspecified atom stereocenters. The number of carboxylic acids is 1. The van der Waals surface area contributed by atoms with Crippen molar-refractivity contribution in [3.63, 3.8) is 0 Å². The molecule has 3 aliphatic heterocycles. The summed E-state index contributed by atoms with van der Waals surface area (Å²) in [6.07, 6.45) is 7.70. The molecule has 0 radical (unpaired) electrons. The van der Waals surface area contributed by atoms with Gasteiger partial charge in [0.15, 0.2) is 11.7 Å². The molecular formula is C38H45N3O9S3. The first-order chi connectivity index (χ1) is 24.7. The minimum Gasteiger partial charge on any atom is -0.748 e. The number of anilines is 1. The molecule has 53 heavy (non-hydrogen) atoms. The fraction of sp³-hybridized carbons (Fsp3) is 0.447. The standard InChI is InChI=1S/C38H45N3O9S3/c1-7-40-30-18-32-28(16-26(30)24(20-37(40,3)4)22-52(44,45)46)35(36-39(14-15-51-36)13-11-9-10-12-34(42)43)29-17-27-25(23-53(47,48)49)21-38(5,6)41(8-2)31(27)19-33(29)50-32/h14-21H,7-13,22-23H2,1-6H3,(H-2,42,43,44,45,46,47,48,49). The second kappa shape index (κ2) is 14.1. The van der Waals surface area contributed by atoms with E-state index in [1.165, 1.54) is 11.3 Å². The fourth-order valence-electron chi connectivity index (χ4n) is 8.13. The van der Waals surface area contributed by atoms with Crippen LogP contribution < -0.4 is 29.4 Å². The van der Waals surface area contributed by atoms with E-state index >= 15 is 0 Å². The van der Waals surface area contributed by atoms with Gasteiger partial charge in [-0.05, 0) is 69.9 Å². The normalized spacial score (nSPS) is 17.2. The van der Waals surface area contributed by atoms with Gasteiger partial charge in [-0.25, -0.2) is 21.4 Å². The highest BCUT2D eigenvalue weighted by Crippen LogP contribution is 2.47. The Labute approximate surface area is 314 Å². The van der Waals surface area contributed by atoms with E-state index < -0.39 is 48.8 Å². The lowest BCUT2D eigenvalue weighted by atomic mass is 9.85. The molecule has 2 aromatic carbocycles. The van der Waals surface area contributed by atoms with Crippen molar-refractivity contribution in [1.29, 1.82) is 0 Å². The molecule has 0 saturated carbocycles. The summed E-state index contributed by atoms with van der Waals surface area (Å²) < 4.78 is 84.3. The van der Waals surface area contributed by atoms with E-state index in [1.807, 2.05) is 89.5 Å². The number of aryl methyl sites for hydroxylation is 1. The van der Waals surface area contributed by atoms with Crippen LogP contribution in [0.5, 0.6) is 11.5 Å². The van der Waals surface area contributed by atoms with Gasteiger partial charge in [0.25, 0.3) is 5.01 Å². The molecule has 0 spiro atoms. The Bertz CT molecular complexity index is 2430. The van der Waals surface area contributed by atoms with Crippen molar-refractivity contribution in [3.8, 4) is 11.5 Å².